The molecule has 1 aromatic heterocycles. The quantitative estimate of drug-likeness (QED) is 0.231. The summed E-state index contributed by atoms with van der Waals surface area (Å²) in [6, 6.07) is -0.187. The van der Waals surface area contributed by atoms with Gasteiger partial charge in [0.15, 0.2) is 0 Å². The molecule has 2 bridgehead atoms. The summed E-state index contributed by atoms with van der Waals surface area (Å²) in [7, 11) is 3.92. The van der Waals surface area contributed by atoms with Crippen molar-refractivity contribution in [3.05, 3.63) is 11.6 Å². The molecular formula is C40H68N6O5. The molecule has 1 aliphatic heterocycles. The third kappa shape index (κ3) is 5.63. The van der Waals surface area contributed by atoms with E-state index in [9.17, 15) is 9.90 Å². The van der Waals surface area contributed by atoms with Crippen LogP contribution >= 0.6 is 0 Å². The number of likely N-dealkylation sites (N-methyl/N-ethyl adjacent to an activating group) is 1. The average molecular weight is 713 g/mol. The van der Waals surface area contributed by atoms with Crippen LogP contribution in [0.15, 0.2) is 11.6 Å². The molecule has 1 aromatic rings. The number of carboxylic acid groups (broad SMARTS) is 1. The summed E-state index contributed by atoms with van der Waals surface area (Å²) in [6.45, 7) is 23.9. The van der Waals surface area contributed by atoms with E-state index in [2.05, 4.69) is 95.7 Å². The zero-order chi connectivity index (χ0) is 37.4. The van der Waals surface area contributed by atoms with Gasteiger partial charge in [0.05, 0.1) is 31.8 Å². The van der Waals surface area contributed by atoms with Gasteiger partial charge in [-0.1, -0.05) is 72.1 Å². The molecule has 5 aliphatic rings. The van der Waals surface area contributed by atoms with Crippen molar-refractivity contribution >= 4 is 11.9 Å². The predicted octanol–water partition coefficient (Wildman–Crippen LogP) is 6.52. The molecule has 12 atom stereocenters. The SMILES string of the molecule is CCN(C)C(C)(CCOC)CO[C@H]1[C@H](n2nnc(N)n2)C[C@]2(C)COC[C@@]13C1=CC[C@@]4(C)[C@H](C(=O)O)[C@@](C)([C@H](C)C(C)C)CC[C@]4(C)[C@H]1CC[C@H]23. The number of aliphatic carboxylic acids is 1. The molecule has 0 amide bonds. The van der Waals surface area contributed by atoms with Gasteiger partial charge in [0, 0.05) is 24.7 Å². The molecule has 4 aliphatic carbocycles. The smallest absolute Gasteiger partial charge is 0.307 e. The predicted molar refractivity (Wildman–Crippen MR) is 198 cm³/mol. The third-order valence-electron chi connectivity index (χ3n) is 16.6. The number of methoxy groups -OCH3 is 1. The van der Waals surface area contributed by atoms with Crippen LogP contribution in [0.4, 0.5) is 5.95 Å². The van der Waals surface area contributed by atoms with Crippen LogP contribution < -0.4 is 5.73 Å². The molecule has 6 rings (SSSR count). The molecule has 11 heteroatoms. The lowest BCUT2D eigenvalue weighted by molar-refractivity contribution is -0.257. The summed E-state index contributed by atoms with van der Waals surface area (Å²) >= 11 is 0. The Morgan fingerprint density at radius 1 is 1.18 bits per heavy atom. The third-order valence-corrected chi connectivity index (χ3v) is 16.6. The van der Waals surface area contributed by atoms with Gasteiger partial charge in [-0.15, -0.1) is 5.10 Å². The van der Waals surface area contributed by atoms with E-state index in [1.165, 1.54) is 5.57 Å². The van der Waals surface area contributed by atoms with E-state index in [0.717, 1.165) is 51.5 Å². The van der Waals surface area contributed by atoms with Crippen LogP contribution in [0.1, 0.15) is 113 Å². The first-order valence-electron chi connectivity index (χ1n) is 19.8. The van der Waals surface area contributed by atoms with Crippen LogP contribution in [0.2, 0.25) is 0 Å². The van der Waals surface area contributed by atoms with E-state index in [-0.39, 0.29) is 45.8 Å². The highest BCUT2D eigenvalue weighted by molar-refractivity contribution is 5.73. The van der Waals surface area contributed by atoms with Crippen LogP contribution in [-0.2, 0) is 19.0 Å². The number of rotatable bonds is 12. The molecule has 3 saturated carbocycles. The molecule has 0 spiro atoms. The Morgan fingerprint density at radius 2 is 1.90 bits per heavy atom. The molecule has 3 N–H and O–H groups in total. The highest BCUT2D eigenvalue weighted by atomic mass is 16.5. The number of tetrazole rings is 1. The van der Waals surface area contributed by atoms with Crippen molar-refractivity contribution in [2.24, 2.45) is 56.7 Å². The molecule has 51 heavy (non-hydrogen) atoms. The summed E-state index contributed by atoms with van der Waals surface area (Å²) in [6.07, 6.45) is 8.59. The zero-order valence-electron chi connectivity index (χ0n) is 33.5. The lowest BCUT2D eigenvalue weighted by Gasteiger charge is -2.71. The Bertz CT molecular complexity index is 1480. The van der Waals surface area contributed by atoms with Gasteiger partial charge in [-0.05, 0) is 116 Å². The van der Waals surface area contributed by atoms with Crippen LogP contribution in [-0.4, -0.2) is 95.0 Å². The number of carbonyl (C=O) groups is 1. The van der Waals surface area contributed by atoms with E-state index >= 15 is 0 Å². The summed E-state index contributed by atoms with van der Waals surface area (Å²) in [4.78, 5) is 17.7. The first-order valence-corrected chi connectivity index (χ1v) is 19.8. The molecule has 11 nitrogen and oxygen atoms in total. The van der Waals surface area contributed by atoms with E-state index in [0.29, 0.717) is 44.2 Å². The molecule has 0 radical (unpaired) electrons. The molecule has 1 saturated heterocycles. The normalized spacial score (nSPS) is 42.4. The second-order valence-electron chi connectivity index (χ2n) is 19.1. The minimum atomic E-state index is -0.639. The molecule has 4 fully saturated rings. The number of hydrogen-bond donors (Lipinski definition) is 2. The van der Waals surface area contributed by atoms with E-state index < -0.39 is 22.7 Å². The van der Waals surface area contributed by atoms with Crippen molar-refractivity contribution in [2.45, 2.75) is 125 Å². The largest absolute Gasteiger partial charge is 0.481 e. The Balaban J connectivity index is 1.50. The first kappa shape index (κ1) is 38.6. The Hall–Kier alpha value is -2.08. The Morgan fingerprint density at radius 3 is 2.51 bits per heavy atom. The monoisotopic (exact) mass is 713 g/mol. The Kier molecular flexibility index (Phi) is 10.1. The highest BCUT2D eigenvalue weighted by Crippen LogP contribution is 2.75. The lowest BCUT2D eigenvalue weighted by Crippen LogP contribution is -2.70. The number of aromatic nitrogens is 4. The van der Waals surface area contributed by atoms with Gasteiger partial charge in [-0.25, -0.2) is 0 Å². The number of carboxylic acids is 1. The fraction of sp³-hybridized carbons (Fsp3) is 0.900. The van der Waals surface area contributed by atoms with Gasteiger partial charge in [0.1, 0.15) is 6.04 Å². The number of nitrogens with two attached hydrogens (primary N) is 1. The molecule has 288 valence electrons. The van der Waals surface area contributed by atoms with Crippen molar-refractivity contribution in [3.63, 3.8) is 0 Å². The number of fused-ring (bicyclic) bond motifs is 3. The van der Waals surface area contributed by atoms with Crippen molar-refractivity contribution in [1.29, 1.82) is 0 Å². The second kappa shape index (κ2) is 13.3. The van der Waals surface area contributed by atoms with E-state index in [4.69, 9.17) is 19.9 Å². The van der Waals surface area contributed by atoms with Crippen molar-refractivity contribution in [1.82, 2.24) is 25.1 Å². The fourth-order valence-corrected chi connectivity index (χ4v) is 12.8. The summed E-state index contributed by atoms with van der Waals surface area (Å²) in [5, 5.41) is 24.4. The van der Waals surface area contributed by atoms with E-state index in [1.54, 1.807) is 11.9 Å². The second-order valence-corrected chi connectivity index (χ2v) is 19.1. The van der Waals surface area contributed by atoms with Gasteiger partial charge >= 0.3 is 5.97 Å². The van der Waals surface area contributed by atoms with Crippen LogP contribution in [0.3, 0.4) is 0 Å². The van der Waals surface area contributed by atoms with Crippen molar-refractivity contribution in [2.75, 3.05) is 52.9 Å². The summed E-state index contributed by atoms with van der Waals surface area (Å²) in [5.74, 6) is 0.343. The molecule has 2 heterocycles. The highest BCUT2D eigenvalue weighted by Gasteiger charge is 2.73. The minimum Gasteiger partial charge on any atom is -0.481 e. The van der Waals surface area contributed by atoms with Crippen LogP contribution in [0, 0.1) is 56.7 Å². The number of anilines is 1. The summed E-state index contributed by atoms with van der Waals surface area (Å²) < 4.78 is 19.8. The molecule has 1 unspecified atom stereocenters. The summed E-state index contributed by atoms with van der Waals surface area (Å²) in [5.41, 5.74) is 5.84. The topological polar surface area (TPSA) is 138 Å². The van der Waals surface area contributed by atoms with Crippen LogP contribution in [0.5, 0.6) is 0 Å². The van der Waals surface area contributed by atoms with Crippen LogP contribution in [0.25, 0.3) is 0 Å². The maximum Gasteiger partial charge on any atom is 0.307 e. The van der Waals surface area contributed by atoms with Gasteiger partial charge in [0.2, 0.25) is 0 Å². The maximum atomic E-state index is 13.6. The number of ether oxygens (including phenoxy) is 3. The van der Waals surface area contributed by atoms with E-state index in [1.807, 2.05) is 0 Å². The molecular weight excluding hydrogens is 644 g/mol. The zero-order valence-corrected chi connectivity index (χ0v) is 33.5. The average Bonchev–Trinajstić information content (AvgIpc) is 3.51. The number of nitrogens with zero attached hydrogens (tertiary/aromatic N) is 5. The molecule has 0 aromatic carbocycles. The number of nitrogen functional groups attached to an aromatic ring is 1. The van der Waals surface area contributed by atoms with Gasteiger partial charge in [0.25, 0.3) is 5.95 Å². The van der Waals surface area contributed by atoms with Gasteiger partial charge in [-0.3, -0.25) is 9.69 Å². The Labute approximate surface area is 306 Å². The standard InChI is InChI=1S/C40H68N6O5/c1-12-45(10)36(6,19-20-49-11)23-51-32-29(46-43-34(41)42-44-46)21-35(5)22-50-24-40(32)28-15-16-39(9)31(33(47)48)37(7,26(4)25(2)3)17-18-38(39,8)27(28)13-14-30(35)40/h15,25-27,29-32H,12-14,16-24H2,1-11H3,(H2,41,43)(H,47,48)/t26-,27+,29-,30-,31-,32+,35-,36?,37-,38-,39+,40+/m1/s1. The van der Waals surface area contributed by atoms with Gasteiger partial charge < -0.3 is 25.1 Å². The number of allylic oxidation sites excluding steroid dienone is 1. The van der Waals surface area contributed by atoms with Gasteiger partial charge in [-0.2, -0.15) is 4.80 Å². The lowest BCUT2D eigenvalue weighted by atomic mass is 9.34. The maximum absolute atomic E-state index is 13.6. The van der Waals surface area contributed by atoms with Crippen molar-refractivity contribution in [3.8, 4) is 0 Å². The minimum absolute atomic E-state index is 0.125. The number of hydrogen-bond acceptors (Lipinski definition) is 9. The van der Waals surface area contributed by atoms with Crippen molar-refractivity contribution < 1.29 is 24.1 Å². The fourth-order valence-electron chi connectivity index (χ4n) is 12.8. The first-order chi connectivity index (χ1) is 23.9.